The summed E-state index contributed by atoms with van der Waals surface area (Å²) in [6, 6.07) is 13.7. The van der Waals surface area contributed by atoms with E-state index in [1.807, 2.05) is 24.3 Å². The zero-order chi connectivity index (χ0) is 10.5. The second kappa shape index (κ2) is 4.84. The van der Waals surface area contributed by atoms with Crippen LogP contribution >= 0.6 is 11.8 Å². The first-order chi connectivity index (χ1) is 7.34. The summed E-state index contributed by atoms with van der Waals surface area (Å²) in [5, 5.41) is 10.00. The fraction of sp³-hybridized carbons (Fsp3) is 0.0833. The SMILES string of the molecule is Oc1ccc(SCc2ccccc2)nc1. The highest BCUT2D eigenvalue weighted by Gasteiger charge is 1.97. The predicted molar refractivity (Wildman–Crippen MR) is 61.9 cm³/mol. The van der Waals surface area contributed by atoms with Crippen LogP contribution < -0.4 is 0 Å². The van der Waals surface area contributed by atoms with Crippen LogP contribution in [-0.4, -0.2) is 10.1 Å². The quantitative estimate of drug-likeness (QED) is 0.802. The number of nitrogens with zero attached hydrogens (tertiary/aromatic N) is 1. The smallest absolute Gasteiger partial charge is 0.133 e. The molecule has 1 N–H and O–H groups in total. The molecule has 0 bridgehead atoms. The van der Waals surface area contributed by atoms with Crippen LogP contribution in [0.1, 0.15) is 5.56 Å². The average molecular weight is 217 g/mol. The molecule has 2 aromatic rings. The number of rotatable bonds is 3. The number of benzene rings is 1. The third-order valence-corrected chi connectivity index (χ3v) is 2.97. The zero-order valence-corrected chi connectivity index (χ0v) is 8.95. The number of hydrogen-bond donors (Lipinski definition) is 1. The van der Waals surface area contributed by atoms with Crippen molar-refractivity contribution in [1.82, 2.24) is 4.98 Å². The molecule has 0 unspecified atom stereocenters. The van der Waals surface area contributed by atoms with Gasteiger partial charge in [0, 0.05) is 5.75 Å². The van der Waals surface area contributed by atoms with Crippen molar-refractivity contribution in [3.05, 3.63) is 54.2 Å². The molecule has 0 amide bonds. The van der Waals surface area contributed by atoms with Gasteiger partial charge in [0.1, 0.15) is 5.75 Å². The number of pyridine rings is 1. The van der Waals surface area contributed by atoms with E-state index in [1.54, 1.807) is 17.8 Å². The van der Waals surface area contributed by atoms with Gasteiger partial charge in [0.15, 0.2) is 0 Å². The van der Waals surface area contributed by atoms with Gasteiger partial charge in [-0.05, 0) is 17.7 Å². The molecule has 0 atom stereocenters. The fourth-order valence-corrected chi connectivity index (χ4v) is 1.99. The van der Waals surface area contributed by atoms with Gasteiger partial charge in [-0.15, -0.1) is 11.8 Å². The van der Waals surface area contributed by atoms with E-state index in [0.29, 0.717) is 0 Å². The average Bonchev–Trinajstić information content (AvgIpc) is 2.30. The maximum absolute atomic E-state index is 9.07. The third kappa shape index (κ3) is 2.99. The Morgan fingerprint density at radius 2 is 1.87 bits per heavy atom. The Morgan fingerprint density at radius 3 is 2.53 bits per heavy atom. The molecule has 3 heteroatoms. The maximum Gasteiger partial charge on any atom is 0.133 e. The Hall–Kier alpha value is -1.48. The second-order valence-electron chi connectivity index (χ2n) is 3.13. The Kier molecular flexibility index (Phi) is 3.25. The summed E-state index contributed by atoms with van der Waals surface area (Å²) in [6.45, 7) is 0. The first kappa shape index (κ1) is 10.1. The molecule has 76 valence electrons. The number of hydrogen-bond acceptors (Lipinski definition) is 3. The highest BCUT2D eigenvalue weighted by Crippen LogP contribution is 2.21. The molecule has 2 rings (SSSR count). The molecule has 1 aromatic carbocycles. The Balaban J connectivity index is 1.96. The van der Waals surface area contributed by atoms with Crippen LogP contribution in [0.4, 0.5) is 0 Å². The largest absolute Gasteiger partial charge is 0.506 e. The van der Waals surface area contributed by atoms with Crippen LogP contribution in [0.25, 0.3) is 0 Å². The van der Waals surface area contributed by atoms with E-state index in [9.17, 15) is 0 Å². The van der Waals surface area contributed by atoms with Gasteiger partial charge in [-0.2, -0.15) is 0 Å². The van der Waals surface area contributed by atoms with Crippen LogP contribution in [0, 0.1) is 0 Å². The summed E-state index contributed by atoms with van der Waals surface area (Å²) < 4.78 is 0. The van der Waals surface area contributed by atoms with Gasteiger partial charge < -0.3 is 5.11 Å². The number of aromatic nitrogens is 1. The van der Waals surface area contributed by atoms with Crippen molar-refractivity contribution in [2.24, 2.45) is 0 Å². The summed E-state index contributed by atoms with van der Waals surface area (Å²) in [7, 11) is 0. The molecule has 0 aliphatic heterocycles. The Labute approximate surface area is 93.0 Å². The van der Waals surface area contributed by atoms with Gasteiger partial charge in [-0.25, -0.2) is 4.98 Å². The standard InChI is InChI=1S/C12H11NOS/c14-11-6-7-12(13-8-11)15-9-10-4-2-1-3-5-10/h1-8,14H,9H2. The van der Waals surface area contributed by atoms with Crippen molar-refractivity contribution < 1.29 is 5.11 Å². The zero-order valence-electron chi connectivity index (χ0n) is 8.13. The lowest BCUT2D eigenvalue weighted by Crippen LogP contribution is -1.81. The molecule has 1 aromatic heterocycles. The van der Waals surface area contributed by atoms with Gasteiger partial charge in [0.25, 0.3) is 0 Å². The topological polar surface area (TPSA) is 33.1 Å². The molecule has 2 nitrogen and oxygen atoms in total. The van der Waals surface area contributed by atoms with E-state index in [4.69, 9.17) is 5.11 Å². The van der Waals surface area contributed by atoms with Crippen LogP contribution in [0.2, 0.25) is 0 Å². The minimum Gasteiger partial charge on any atom is -0.506 e. The predicted octanol–water partition coefficient (Wildman–Crippen LogP) is 3.08. The monoisotopic (exact) mass is 217 g/mol. The second-order valence-corrected chi connectivity index (χ2v) is 4.12. The molecule has 0 radical (unpaired) electrons. The van der Waals surface area contributed by atoms with E-state index < -0.39 is 0 Å². The molecular weight excluding hydrogens is 206 g/mol. The number of thioether (sulfide) groups is 1. The molecule has 0 saturated carbocycles. The van der Waals surface area contributed by atoms with Gasteiger partial charge >= 0.3 is 0 Å². The van der Waals surface area contributed by atoms with Crippen molar-refractivity contribution >= 4 is 11.8 Å². The molecule has 0 spiro atoms. The lowest BCUT2D eigenvalue weighted by molar-refractivity contribution is 0.471. The molecule has 0 fully saturated rings. The minimum absolute atomic E-state index is 0.207. The summed E-state index contributed by atoms with van der Waals surface area (Å²) in [5.74, 6) is 1.11. The van der Waals surface area contributed by atoms with Crippen molar-refractivity contribution in [3.8, 4) is 5.75 Å². The minimum atomic E-state index is 0.207. The summed E-state index contributed by atoms with van der Waals surface area (Å²) >= 11 is 1.66. The van der Waals surface area contributed by atoms with Crippen LogP contribution in [-0.2, 0) is 5.75 Å². The maximum atomic E-state index is 9.07. The first-order valence-electron chi connectivity index (χ1n) is 4.66. The first-order valence-corrected chi connectivity index (χ1v) is 5.65. The highest BCUT2D eigenvalue weighted by molar-refractivity contribution is 7.98. The van der Waals surface area contributed by atoms with Crippen LogP contribution in [0.15, 0.2) is 53.7 Å². The van der Waals surface area contributed by atoms with E-state index in [2.05, 4.69) is 17.1 Å². The van der Waals surface area contributed by atoms with E-state index >= 15 is 0 Å². The highest BCUT2D eigenvalue weighted by atomic mass is 32.2. The van der Waals surface area contributed by atoms with E-state index in [0.717, 1.165) is 10.8 Å². The molecule has 0 saturated heterocycles. The van der Waals surface area contributed by atoms with Crippen molar-refractivity contribution in [3.63, 3.8) is 0 Å². The van der Waals surface area contributed by atoms with Gasteiger partial charge in [-0.1, -0.05) is 30.3 Å². The van der Waals surface area contributed by atoms with Gasteiger partial charge in [-0.3, -0.25) is 0 Å². The normalized spacial score (nSPS) is 10.1. The van der Waals surface area contributed by atoms with Crippen molar-refractivity contribution in [2.75, 3.05) is 0 Å². The lowest BCUT2D eigenvalue weighted by atomic mass is 10.2. The van der Waals surface area contributed by atoms with Crippen LogP contribution in [0.3, 0.4) is 0 Å². The molecule has 1 heterocycles. The van der Waals surface area contributed by atoms with E-state index in [-0.39, 0.29) is 5.75 Å². The van der Waals surface area contributed by atoms with E-state index in [1.165, 1.54) is 11.8 Å². The van der Waals surface area contributed by atoms with Crippen LogP contribution in [0.5, 0.6) is 5.75 Å². The molecule has 15 heavy (non-hydrogen) atoms. The lowest BCUT2D eigenvalue weighted by Gasteiger charge is -2.00. The fourth-order valence-electron chi connectivity index (χ4n) is 1.19. The van der Waals surface area contributed by atoms with Crippen molar-refractivity contribution in [1.29, 1.82) is 0 Å². The number of aromatic hydroxyl groups is 1. The molecular formula is C12H11NOS. The Morgan fingerprint density at radius 1 is 1.07 bits per heavy atom. The molecule has 0 aliphatic carbocycles. The summed E-state index contributed by atoms with van der Waals surface area (Å²) in [4.78, 5) is 4.11. The Bertz CT molecular complexity index is 413. The molecule has 0 aliphatic rings. The van der Waals surface area contributed by atoms with Gasteiger partial charge in [0.05, 0.1) is 11.2 Å². The van der Waals surface area contributed by atoms with Crippen molar-refractivity contribution in [2.45, 2.75) is 10.8 Å². The van der Waals surface area contributed by atoms with Gasteiger partial charge in [0.2, 0.25) is 0 Å². The summed E-state index contributed by atoms with van der Waals surface area (Å²) in [5.41, 5.74) is 1.28. The summed E-state index contributed by atoms with van der Waals surface area (Å²) in [6.07, 6.45) is 1.47. The third-order valence-electron chi connectivity index (χ3n) is 1.95.